The molecule has 2 nitrogen and oxygen atoms in total. The predicted molar refractivity (Wildman–Crippen MR) is 49.2 cm³/mol. The highest BCUT2D eigenvalue weighted by atomic mass is 16.4. The van der Waals surface area contributed by atoms with Gasteiger partial charge in [0.2, 0.25) is 0 Å². The Bertz CT molecular complexity index is 296. The molecule has 0 heterocycles. The molecule has 70 valence electrons. The van der Waals surface area contributed by atoms with E-state index in [-0.39, 0.29) is 6.42 Å². The van der Waals surface area contributed by atoms with E-state index in [1.807, 2.05) is 26.0 Å². The largest absolute Gasteiger partial charge is 0.550 e. The molecular formula is C11H13O2-. The summed E-state index contributed by atoms with van der Waals surface area (Å²) < 4.78 is 0. The molecule has 0 unspecified atom stereocenters. The molecule has 0 N–H and O–H groups in total. The quantitative estimate of drug-likeness (QED) is 0.690. The number of carbonyl (C=O) groups is 1. The van der Waals surface area contributed by atoms with E-state index < -0.39 is 5.97 Å². The first kappa shape index (κ1) is 9.78. The number of carboxylic acid groups (broad SMARTS) is 1. The van der Waals surface area contributed by atoms with Crippen molar-refractivity contribution in [1.82, 2.24) is 0 Å². The molecule has 0 radical (unpaired) electrons. The van der Waals surface area contributed by atoms with Crippen molar-refractivity contribution in [2.75, 3.05) is 0 Å². The van der Waals surface area contributed by atoms with Gasteiger partial charge in [-0.2, -0.15) is 0 Å². The second-order valence-electron chi connectivity index (χ2n) is 3.37. The molecule has 0 saturated heterocycles. The van der Waals surface area contributed by atoms with Gasteiger partial charge in [0.15, 0.2) is 0 Å². The molecule has 1 aromatic carbocycles. The van der Waals surface area contributed by atoms with Crippen LogP contribution >= 0.6 is 0 Å². The Balaban J connectivity index is 2.71. The smallest absolute Gasteiger partial charge is 0.0417 e. The van der Waals surface area contributed by atoms with Crippen LogP contribution in [0.4, 0.5) is 0 Å². The average molecular weight is 177 g/mol. The highest BCUT2D eigenvalue weighted by molar-refractivity contribution is 5.64. The molecule has 0 bridgehead atoms. The van der Waals surface area contributed by atoms with Crippen LogP contribution in [0.5, 0.6) is 0 Å². The van der Waals surface area contributed by atoms with Gasteiger partial charge in [-0.25, -0.2) is 0 Å². The lowest BCUT2D eigenvalue weighted by molar-refractivity contribution is -0.305. The Kier molecular flexibility index (Phi) is 3.07. The topological polar surface area (TPSA) is 40.1 Å². The summed E-state index contributed by atoms with van der Waals surface area (Å²) in [5, 5.41) is 10.2. The van der Waals surface area contributed by atoms with Gasteiger partial charge in [0.05, 0.1) is 0 Å². The average Bonchev–Trinajstić information content (AvgIpc) is 1.99. The van der Waals surface area contributed by atoms with Crippen LogP contribution in [0.2, 0.25) is 0 Å². The van der Waals surface area contributed by atoms with Crippen molar-refractivity contribution in [1.29, 1.82) is 0 Å². The van der Waals surface area contributed by atoms with Crippen LogP contribution in [-0.4, -0.2) is 5.97 Å². The Hall–Kier alpha value is -1.31. The number of carbonyl (C=O) groups excluding carboxylic acids is 1. The van der Waals surface area contributed by atoms with Gasteiger partial charge in [-0.15, -0.1) is 0 Å². The minimum absolute atomic E-state index is 0.100. The van der Waals surface area contributed by atoms with Gasteiger partial charge in [0.25, 0.3) is 0 Å². The van der Waals surface area contributed by atoms with Crippen molar-refractivity contribution in [3.05, 3.63) is 34.9 Å². The van der Waals surface area contributed by atoms with Crippen LogP contribution in [0.3, 0.4) is 0 Å². The predicted octanol–water partition coefficient (Wildman–Crippen LogP) is 0.986. The van der Waals surface area contributed by atoms with Crippen molar-refractivity contribution < 1.29 is 9.90 Å². The number of aliphatic carboxylic acids is 1. The van der Waals surface area contributed by atoms with Gasteiger partial charge >= 0.3 is 0 Å². The van der Waals surface area contributed by atoms with E-state index in [0.29, 0.717) is 6.42 Å². The van der Waals surface area contributed by atoms with Crippen molar-refractivity contribution in [3.63, 3.8) is 0 Å². The minimum atomic E-state index is -0.987. The first-order valence-electron chi connectivity index (χ1n) is 4.35. The van der Waals surface area contributed by atoms with E-state index in [2.05, 4.69) is 6.07 Å². The van der Waals surface area contributed by atoms with Gasteiger partial charge in [-0.3, -0.25) is 0 Å². The first-order chi connectivity index (χ1) is 6.08. The Morgan fingerprint density at radius 2 is 1.77 bits per heavy atom. The zero-order valence-corrected chi connectivity index (χ0v) is 7.96. The molecule has 0 amide bonds. The molecule has 0 atom stereocenters. The molecule has 0 spiro atoms. The number of carboxylic acids is 1. The van der Waals surface area contributed by atoms with Crippen LogP contribution in [-0.2, 0) is 11.2 Å². The fourth-order valence-corrected chi connectivity index (χ4v) is 1.46. The maximum absolute atomic E-state index is 10.2. The molecule has 0 saturated carbocycles. The molecular weight excluding hydrogens is 164 g/mol. The van der Waals surface area contributed by atoms with E-state index in [4.69, 9.17) is 0 Å². The number of hydrogen-bond acceptors (Lipinski definition) is 2. The SMILES string of the molecule is Cc1cc(C)cc(CCC(=O)[O-])c1. The van der Waals surface area contributed by atoms with E-state index in [1.54, 1.807) is 0 Å². The first-order valence-corrected chi connectivity index (χ1v) is 4.35. The minimum Gasteiger partial charge on any atom is -0.550 e. The van der Waals surface area contributed by atoms with Crippen molar-refractivity contribution in [2.45, 2.75) is 26.7 Å². The Morgan fingerprint density at radius 3 is 2.23 bits per heavy atom. The lowest BCUT2D eigenvalue weighted by Crippen LogP contribution is -2.22. The molecule has 0 aromatic heterocycles. The van der Waals surface area contributed by atoms with E-state index in [1.165, 1.54) is 11.1 Å². The summed E-state index contributed by atoms with van der Waals surface area (Å²) in [5.74, 6) is -0.987. The number of rotatable bonds is 3. The third-order valence-electron chi connectivity index (χ3n) is 1.90. The Morgan fingerprint density at radius 1 is 1.23 bits per heavy atom. The molecule has 0 aliphatic carbocycles. The van der Waals surface area contributed by atoms with Crippen LogP contribution in [0.1, 0.15) is 23.1 Å². The summed E-state index contributed by atoms with van der Waals surface area (Å²) in [6.07, 6.45) is 0.660. The third-order valence-corrected chi connectivity index (χ3v) is 1.90. The van der Waals surface area contributed by atoms with E-state index in [9.17, 15) is 9.90 Å². The molecule has 1 aromatic rings. The highest BCUT2D eigenvalue weighted by Crippen LogP contribution is 2.10. The molecule has 0 fully saturated rings. The summed E-state index contributed by atoms with van der Waals surface area (Å²) in [4.78, 5) is 10.2. The molecule has 13 heavy (non-hydrogen) atoms. The maximum atomic E-state index is 10.2. The van der Waals surface area contributed by atoms with Gasteiger partial charge in [0.1, 0.15) is 0 Å². The summed E-state index contributed by atoms with van der Waals surface area (Å²) in [6.45, 7) is 4.02. The van der Waals surface area contributed by atoms with Gasteiger partial charge in [0, 0.05) is 5.97 Å². The normalized spacial score (nSPS) is 10.0. The maximum Gasteiger partial charge on any atom is 0.0417 e. The van der Waals surface area contributed by atoms with Gasteiger partial charge < -0.3 is 9.90 Å². The lowest BCUT2D eigenvalue weighted by atomic mass is 10.0. The fourth-order valence-electron chi connectivity index (χ4n) is 1.46. The zero-order chi connectivity index (χ0) is 9.84. The van der Waals surface area contributed by atoms with Crippen molar-refractivity contribution >= 4 is 5.97 Å². The van der Waals surface area contributed by atoms with E-state index >= 15 is 0 Å². The molecule has 2 heteroatoms. The number of hydrogen-bond donors (Lipinski definition) is 0. The number of aryl methyl sites for hydroxylation is 3. The van der Waals surface area contributed by atoms with Crippen LogP contribution in [0, 0.1) is 13.8 Å². The van der Waals surface area contributed by atoms with Gasteiger partial charge in [-0.05, 0) is 32.3 Å². The standard InChI is InChI=1S/C11H14O2/c1-8-5-9(2)7-10(6-8)3-4-11(12)13/h5-7H,3-4H2,1-2H3,(H,12,13)/p-1. The van der Waals surface area contributed by atoms with Crippen LogP contribution in [0.25, 0.3) is 0 Å². The van der Waals surface area contributed by atoms with E-state index in [0.717, 1.165) is 5.56 Å². The lowest BCUT2D eigenvalue weighted by Gasteiger charge is -2.05. The summed E-state index contributed by atoms with van der Waals surface area (Å²) in [7, 11) is 0. The zero-order valence-electron chi connectivity index (χ0n) is 7.96. The number of benzene rings is 1. The molecule has 0 aliphatic rings. The highest BCUT2D eigenvalue weighted by Gasteiger charge is 1.96. The molecule has 1 rings (SSSR count). The van der Waals surface area contributed by atoms with Crippen molar-refractivity contribution in [3.8, 4) is 0 Å². The van der Waals surface area contributed by atoms with Crippen molar-refractivity contribution in [2.24, 2.45) is 0 Å². The summed E-state index contributed by atoms with van der Waals surface area (Å²) in [5.41, 5.74) is 3.42. The second kappa shape index (κ2) is 4.08. The molecule has 0 aliphatic heterocycles. The third kappa shape index (κ3) is 3.28. The second-order valence-corrected chi connectivity index (χ2v) is 3.37. The van der Waals surface area contributed by atoms with Crippen LogP contribution in [0.15, 0.2) is 18.2 Å². The summed E-state index contributed by atoms with van der Waals surface area (Å²) in [6, 6.07) is 6.09. The van der Waals surface area contributed by atoms with Crippen LogP contribution < -0.4 is 5.11 Å². The Labute approximate surface area is 78.2 Å². The fraction of sp³-hybridized carbons (Fsp3) is 0.364. The van der Waals surface area contributed by atoms with Gasteiger partial charge in [-0.1, -0.05) is 29.3 Å². The summed E-state index contributed by atoms with van der Waals surface area (Å²) >= 11 is 0. The monoisotopic (exact) mass is 177 g/mol.